The van der Waals surface area contributed by atoms with Crippen LogP contribution in [0.25, 0.3) is 21.7 Å². The van der Waals surface area contributed by atoms with E-state index in [1.165, 1.54) is 6.07 Å². The SMILES string of the molecule is O=C(Cc1coc2ccc3ccccc3c12)Nc1c(F)cccc1N1CCCC1. The van der Waals surface area contributed by atoms with Crippen LogP contribution in [0, 0.1) is 5.82 Å². The third kappa shape index (κ3) is 3.23. The van der Waals surface area contributed by atoms with Crippen molar-refractivity contribution < 1.29 is 13.6 Å². The van der Waals surface area contributed by atoms with Gasteiger partial charge in [0, 0.05) is 24.0 Å². The molecule has 1 saturated heterocycles. The van der Waals surface area contributed by atoms with E-state index in [-0.39, 0.29) is 18.0 Å². The predicted octanol–water partition coefficient (Wildman–Crippen LogP) is 5.51. The molecule has 2 heterocycles. The van der Waals surface area contributed by atoms with Gasteiger partial charge >= 0.3 is 0 Å². The van der Waals surface area contributed by atoms with Crippen LogP contribution in [0.15, 0.2) is 65.3 Å². The Morgan fingerprint density at radius 3 is 2.72 bits per heavy atom. The van der Waals surface area contributed by atoms with Gasteiger partial charge in [0.05, 0.1) is 18.4 Å². The van der Waals surface area contributed by atoms with Crippen LogP contribution in [-0.4, -0.2) is 19.0 Å². The Morgan fingerprint density at radius 2 is 1.86 bits per heavy atom. The number of hydrogen-bond donors (Lipinski definition) is 1. The van der Waals surface area contributed by atoms with Crippen LogP contribution < -0.4 is 10.2 Å². The molecule has 146 valence electrons. The number of fused-ring (bicyclic) bond motifs is 3. The fourth-order valence-corrected chi connectivity index (χ4v) is 4.22. The lowest BCUT2D eigenvalue weighted by molar-refractivity contribution is -0.115. The fourth-order valence-electron chi connectivity index (χ4n) is 4.22. The van der Waals surface area contributed by atoms with Gasteiger partial charge in [-0.1, -0.05) is 36.4 Å². The maximum atomic E-state index is 14.5. The summed E-state index contributed by atoms with van der Waals surface area (Å²) in [6, 6.07) is 16.9. The maximum Gasteiger partial charge on any atom is 0.229 e. The Morgan fingerprint density at radius 1 is 1.03 bits per heavy atom. The summed E-state index contributed by atoms with van der Waals surface area (Å²) >= 11 is 0. The molecule has 0 unspecified atom stereocenters. The Bertz CT molecular complexity index is 1210. The first-order chi connectivity index (χ1) is 14.2. The van der Waals surface area contributed by atoms with Crippen molar-refractivity contribution in [2.45, 2.75) is 19.3 Å². The Kier molecular flexibility index (Phi) is 4.43. The number of halogens is 1. The molecule has 1 aromatic heterocycles. The average molecular weight is 388 g/mol. The van der Waals surface area contributed by atoms with Gasteiger partial charge in [-0.2, -0.15) is 0 Å². The van der Waals surface area contributed by atoms with Crippen LogP contribution in [0.2, 0.25) is 0 Å². The average Bonchev–Trinajstić information content (AvgIpc) is 3.40. The molecule has 29 heavy (non-hydrogen) atoms. The predicted molar refractivity (Wildman–Crippen MR) is 114 cm³/mol. The van der Waals surface area contributed by atoms with E-state index in [2.05, 4.69) is 10.2 Å². The highest BCUT2D eigenvalue weighted by Gasteiger charge is 2.20. The lowest BCUT2D eigenvalue weighted by Crippen LogP contribution is -2.22. The largest absolute Gasteiger partial charge is 0.464 e. The standard InChI is InChI=1S/C24H21FN2O2/c25-19-8-5-9-20(27-12-3-4-13-27)24(19)26-22(28)14-17-15-29-21-11-10-16-6-1-2-7-18(16)23(17)21/h1-2,5-11,15H,3-4,12-14H2,(H,26,28). The fraction of sp³-hybridized carbons (Fsp3) is 0.208. The van der Waals surface area contributed by atoms with E-state index >= 15 is 0 Å². The molecular formula is C24H21FN2O2. The van der Waals surface area contributed by atoms with Crippen LogP contribution in [0.5, 0.6) is 0 Å². The number of carbonyl (C=O) groups excluding carboxylic acids is 1. The number of rotatable bonds is 4. The van der Waals surface area contributed by atoms with Crippen LogP contribution in [0.4, 0.5) is 15.8 Å². The van der Waals surface area contributed by atoms with E-state index in [4.69, 9.17) is 4.42 Å². The van der Waals surface area contributed by atoms with Crippen molar-refractivity contribution in [1.82, 2.24) is 0 Å². The number of hydrogen-bond acceptors (Lipinski definition) is 3. The molecule has 1 aliphatic heterocycles. The zero-order valence-corrected chi connectivity index (χ0v) is 16.0. The summed E-state index contributed by atoms with van der Waals surface area (Å²) in [4.78, 5) is 15.0. The topological polar surface area (TPSA) is 45.5 Å². The number of para-hydroxylation sites is 1. The highest BCUT2D eigenvalue weighted by Crippen LogP contribution is 2.33. The maximum absolute atomic E-state index is 14.5. The molecule has 0 bridgehead atoms. The molecule has 0 atom stereocenters. The van der Waals surface area contributed by atoms with Gasteiger partial charge in [-0.3, -0.25) is 4.79 Å². The molecule has 1 N–H and O–H groups in total. The molecule has 1 fully saturated rings. The number of carbonyl (C=O) groups is 1. The van der Waals surface area contributed by atoms with Crippen molar-refractivity contribution >= 4 is 39.0 Å². The van der Waals surface area contributed by atoms with E-state index in [0.29, 0.717) is 0 Å². The first-order valence-corrected chi connectivity index (χ1v) is 9.92. The van der Waals surface area contributed by atoms with Crippen molar-refractivity contribution in [3.05, 3.63) is 72.2 Å². The van der Waals surface area contributed by atoms with Gasteiger partial charge in [-0.25, -0.2) is 4.39 Å². The van der Waals surface area contributed by atoms with Gasteiger partial charge in [0.2, 0.25) is 5.91 Å². The van der Waals surface area contributed by atoms with E-state index < -0.39 is 5.82 Å². The zero-order chi connectivity index (χ0) is 19.8. The summed E-state index contributed by atoms with van der Waals surface area (Å²) in [5.41, 5.74) is 2.55. The smallest absolute Gasteiger partial charge is 0.229 e. The molecule has 0 spiro atoms. The summed E-state index contributed by atoms with van der Waals surface area (Å²) in [5.74, 6) is -0.670. The minimum atomic E-state index is -0.412. The number of furan rings is 1. The van der Waals surface area contributed by atoms with E-state index in [1.54, 1.807) is 12.3 Å². The normalized spacial score (nSPS) is 14.0. The number of nitrogens with one attached hydrogen (secondary N) is 1. The van der Waals surface area contributed by atoms with Crippen LogP contribution in [0.1, 0.15) is 18.4 Å². The first kappa shape index (κ1) is 17.7. The summed E-state index contributed by atoms with van der Waals surface area (Å²) in [7, 11) is 0. The molecule has 5 rings (SSSR count). The van der Waals surface area contributed by atoms with Crippen LogP contribution >= 0.6 is 0 Å². The number of benzene rings is 3. The molecule has 1 aliphatic rings. The van der Waals surface area contributed by atoms with Gasteiger partial charge in [0.15, 0.2) is 0 Å². The monoisotopic (exact) mass is 388 g/mol. The Labute approximate surface area is 167 Å². The van der Waals surface area contributed by atoms with Crippen molar-refractivity contribution in [3.8, 4) is 0 Å². The Hall–Kier alpha value is -3.34. The second-order valence-corrected chi connectivity index (χ2v) is 7.47. The van der Waals surface area contributed by atoms with Crippen molar-refractivity contribution in [3.63, 3.8) is 0 Å². The summed E-state index contributed by atoms with van der Waals surface area (Å²) < 4.78 is 20.2. The Balaban J connectivity index is 1.46. The van der Waals surface area contributed by atoms with E-state index in [9.17, 15) is 9.18 Å². The third-order valence-electron chi connectivity index (χ3n) is 5.59. The molecule has 4 aromatic rings. The molecule has 4 nitrogen and oxygen atoms in total. The summed E-state index contributed by atoms with van der Waals surface area (Å²) in [6.45, 7) is 1.76. The molecule has 3 aromatic carbocycles. The molecule has 0 aliphatic carbocycles. The third-order valence-corrected chi connectivity index (χ3v) is 5.59. The zero-order valence-electron chi connectivity index (χ0n) is 16.0. The number of nitrogens with zero attached hydrogens (tertiary/aromatic N) is 1. The van der Waals surface area contributed by atoms with Crippen molar-refractivity contribution in [1.29, 1.82) is 0 Å². The van der Waals surface area contributed by atoms with E-state index in [0.717, 1.165) is 58.9 Å². The number of amides is 1. The van der Waals surface area contributed by atoms with E-state index in [1.807, 2.05) is 42.5 Å². The molecule has 5 heteroatoms. The van der Waals surface area contributed by atoms with Gasteiger partial charge < -0.3 is 14.6 Å². The van der Waals surface area contributed by atoms with Crippen molar-refractivity contribution in [2.24, 2.45) is 0 Å². The highest BCUT2D eigenvalue weighted by molar-refractivity contribution is 6.09. The second kappa shape index (κ2) is 7.24. The molecular weight excluding hydrogens is 367 g/mol. The molecule has 0 radical (unpaired) electrons. The van der Waals surface area contributed by atoms with Gasteiger partial charge in [0.1, 0.15) is 17.1 Å². The molecule has 0 saturated carbocycles. The van der Waals surface area contributed by atoms with Gasteiger partial charge in [-0.05, 0) is 41.8 Å². The minimum absolute atomic E-state index is 0.120. The summed E-state index contributed by atoms with van der Waals surface area (Å²) in [6.07, 6.45) is 3.91. The first-order valence-electron chi connectivity index (χ1n) is 9.92. The lowest BCUT2D eigenvalue weighted by atomic mass is 10.0. The lowest BCUT2D eigenvalue weighted by Gasteiger charge is -2.22. The van der Waals surface area contributed by atoms with Crippen molar-refractivity contribution in [2.75, 3.05) is 23.3 Å². The highest BCUT2D eigenvalue weighted by atomic mass is 19.1. The quantitative estimate of drug-likeness (QED) is 0.502. The van der Waals surface area contributed by atoms with Gasteiger partial charge in [0.25, 0.3) is 0 Å². The van der Waals surface area contributed by atoms with Crippen LogP contribution in [0.3, 0.4) is 0 Å². The number of anilines is 2. The van der Waals surface area contributed by atoms with Crippen LogP contribution in [-0.2, 0) is 11.2 Å². The minimum Gasteiger partial charge on any atom is -0.464 e. The van der Waals surface area contributed by atoms with Gasteiger partial charge in [-0.15, -0.1) is 0 Å². The summed E-state index contributed by atoms with van der Waals surface area (Å²) in [5, 5.41) is 5.88. The second-order valence-electron chi connectivity index (χ2n) is 7.47. The molecule has 1 amide bonds.